The standard InChI is InChI=1S/C15H18N2O2/c1-10(18)15(2,3)17-14(19)13-12-7-5-4-6-11(12)8-9-16-13/h4-10,18H,1-3H3,(H,17,19). The van der Waals surface area contributed by atoms with Crippen LogP contribution in [0.15, 0.2) is 36.5 Å². The number of rotatable bonds is 3. The van der Waals surface area contributed by atoms with Crippen molar-refractivity contribution in [3.63, 3.8) is 0 Å². The fourth-order valence-electron chi connectivity index (χ4n) is 1.76. The quantitative estimate of drug-likeness (QED) is 0.886. The maximum absolute atomic E-state index is 12.3. The van der Waals surface area contributed by atoms with Crippen molar-refractivity contribution in [3.8, 4) is 0 Å². The first-order valence-corrected chi connectivity index (χ1v) is 6.26. The van der Waals surface area contributed by atoms with Gasteiger partial charge in [-0.3, -0.25) is 9.78 Å². The zero-order valence-corrected chi connectivity index (χ0v) is 11.3. The average Bonchev–Trinajstić information content (AvgIpc) is 2.37. The maximum Gasteiger partial charge on any atom is 0.271 e. The number of nitrogens with zero attached hydrogens (tertiary/aromatic N) is 1. The molecule has 1 amide bonds. The van der Waals surface area contributed by atoms with Crippen molar-refractivity contribution in [1.82, 2.24) is 10.3 Å². The summed E-state index contributed by atoms with van der Waals surface area (Å²) in [4.78, 5) is 16.5. The summed E-state index contributed by atoms with van der Waals surface area (Å²) >= 11 is 0. The third kappa shape index (κ3) is 2.74. The van der Waals surface area contributed by atoms with Gasteiger partial charge >= 0.3 is 0 Å². The molecular weight excluding hydrogens is 240 g/mol. The van der Waals surface area contributed by atoms with Crippen molar-refractivity contribution in [2.24, 2.45) is 0 Å². The van der Waals surface area contributed by atoms with Crippen LogP contribution < -0.4 is 5.32 Å². The molecule has 0 radical (unpaired) electrons. The van der Waals surface area contributed by atoms with E-state index in [9.17, 15) is 9.90 Å². The lowest BCUT2D eigenvalue weighted by Crippen LogP contribution is -2.51. The molecule has 2 rings (SSSR count). The van der Waals surface area contributed by atoms with Crippen molar-refractivity contribution in [2.45, 2.75) is 32.4 Å². The number of hydrogen-bond acceptors (Lipinski definition) is 3. The lowest BCUT2D eigenvalue weighted by molar-refractivity contribution is 0.0707. The van der Waals surface area contributed by atoms with Crippen LogP contribution >= 0.6 is 0 Å². The molecule has 1 atom stereocenters. The largest absolute Gasteiger partial charge is 0.391 e. The van der Waals surface area contributed by atoms with E-state index in [0.29, 0.717) is 5.69 Å². The minimum atomic E-state index is -0.699. The molecule has 0 aliphatic rings. The zero-order chi connectivity index (χ0) is 14.0. The van der Waals surface area contributed by atoms with Gasteiger partial charge in [0.1, 0.15) is 5.69 Å². The molecule has 1 unspecified atom stereocenters. The Morgan fingerprint density at radius 1 is 1.32 bits per heavy atom. The number of aliphatic hydroxyl groups excluding tert-OH is 1. The van der Waals surface area contributed by atoms with Crippen molar-refractivity contribution >= 4 is 16.7 Å². The van der Waals surface area contributed by atoms with E-state index in [1.807, 2.05) is 30.3 Å². The van der Waals surface area contributed by atoms with E-state index in [2.05, 4.69) is 10.3 Å². The predicted octanol–water partition coefficient (Wildman–Crippen LogP) is 2.12. The Morgan fingerprint density at radius 3 is 2.68 bits per heavy atom. The average molecular weight is 258 g/mol. The number of pyridine rings is 1. The molecule has 1 aromatic heterocycles. The van der Waals surface area contributed by atoms with Crippen LogP contribution in [0, 0.1) is 0 Å². The van der Waals surface area contributed by atoms with Crippen LogP contribution in [-0.2, 0) is 0 Å². The topological polar surface area (TPSA) is 62.2 Å². The van der Waals surface area contributed by atoms with Crippen molar-refractivity contribution in [2.75, 3.05) is 0 Å². The van der Waals surface area contributed by atoms with E-state index in [4.69, 9.17) is 0 Å². The second-order valence-corrected chi connectivity index (χ2v) is 5.23. The molecule has 100 valence electrons. The zero-order valence-electron chi connectivity index (χ0n) is 11.3. The monoisotopic (exact) mass is 258 g/mol. The summed E-state index contributed by atoms with van der Waals surface area (Å²) in [6.45, 7) is 5.21. The number of amides is 1. The minimum Gasteiger partial charge on any atom is -0.391 e. The summed E-state index contributed by atoms with van der Waals surface area (Å²) < 4.78 is 0. The third-order valence-electron chi connectivity index (χ3n) is 3.37. The molecule has 4 heteroatoms. The van der Waals surface area contributed by atoms with Gasteiger partial charge in [-0.25, -0.2) is 0 Å². The van der Waals surface area contributed by atoms with E-state index in [-0.39, 0.29) is 5.91 Å². The summed E-state index contributed by atoms with van der Waals surface area (Å²) in [6.07, 6.45) is 0.971. The van der Waals surface area contributed by atoms with Crippen LogP contribution in [-0.4, -0.2) is 27.6 Å². The Bertz CT molecular complexity index is 601. The minimum absolute atomic E-state index is 0.275. The second kappa shape index (κ2) is 4.97. The molecular formula is C15H18N2O2. The number of aliphatic hydroxyl groups is 1. The number of nitrogens with one attached hydrogen (secondary N) is 1. The Hall–Kier alpha value is -1.94. The van der Waals surface area contributed by atoms with Crippen LogP contribution in [0.2, 0.25) is 0 Å². The molecule has 1 aromatic carbocycles. The molecule has 19 heavy (non-hydrogen) atoms. The van der Waals surface area contributed by atoms with E-state index >= 15 is 0 Å². The van der Waals surface area contributed by atoms with Gasteiger partial charge in [0.25, 0.3) is 5.91 Å². The van der Waals surface area contributed by atoms with Gasteiger partial charge in [-0.05, 0) is 32.2 Å². The highest BCUT2D eigenvalue weighted by Crippen LogP contribution is 2.17. The number of hydrogen-bond donors (Lipinski definition) is 2. The lowest BCUT2D eigenvalue weighted by atomic mass is 9.98. The molecule has 2 aromatic rings. The Balaban J connectivity index is 2.37. The summed E-state index contributed by atoms with van der Waals surface area (Å²) in [5, 5.41) is 14.2. The number of benzene rings is 1. The number of carbonyl (C=O) groups is 1. The summed E-state index contributed by atoms with van der Waals surface area (Å²) in [7, 11) is 0. The molecule has 0 aliphatic carbocycles. The fourth-order valence-corrected chi connectivity index (χ4v) is 1.76. The van der Waals surface area contributed by atoms with E-state index in [1.54, 1.807) is 27.0 Å². The normalized spacial score (nSPS) is 13.3. The van der Waals surface area contributed by atoms with Crippen LogP contribution in [0.1, 0.15) is 31.3 Å². The third-order valence-corrected chi connectivity index (χ3v) is 3.37. The first-order chi connectivity index (χ1) is 8.92. The number of fused-ring (bicyclic) bond motifs is 1. The van der Waals surface area contributed by atoms with Gasteiger partial charge in [-0.1, -0.05) is 24.3 Å². The molecule has 2 N–H and O–H groups in total. The summed E-state index contributed by atoms with van der Waals surface area (Å²) in [6, 6.07) is 9.47. The summed E-state index contributed by atoms with van der Waals surface area (Å²) in [5.74, 6) is -0.275. The number of aromatic nitrogens is 1. The predicted molar refractivity (Wildman–Crippen MR) is 75.0 cm³/mol. The van der Waals surface area contributed by atoms with Gasteiger partial charge in [0.2, 0.25) is 0 Å². The van der Waals surface area contributed by atoms with Crippen molar-refractivity contribution in [1.29, 1.82) is 0 Å². The van der Waals surface area contributed by atoms with Crippen LogP contribution in [0.5, 0.6) is 0 Å². The molecule has 0 fully saturated rings. The van der Waals surface area contributed by atoms with E-state index in [0.717, 1.165) is 10.8 Å². The van der Waals surface area contributed by atoms with E-state index < -0.39 is 11.6 Å². The molecule has 0 aliphatic heterocycles. The molecule has 1 heterocycles. The lowest BCUT2D eigenvalue weighted by Gasteiger charge is -2.29. The molecule has 0 saturated heterocycles. The Morgan fingerprint density at radius 2 is 2.00 bits per heavy atom. The van der Waals surface area contributed by atoms with E-state index in [1.165, 1.54) is 0 Å². The van der Waals surface area contributed by atoms with Crippen LogP contribution in [0.25, 0.3) is 10.8 Å². The van der Waals surface area contributed by atoms with Gasteiger partial charge in [0.15, 0.2) is 0 Å². The summed E-state index contributed by atoms with van der Waals surface area (Å²) in [5.41, 5.74) is -0.317. The number of carbonyl (C=O) groups excluding carboxylic acids is 1. The highest BCUT2D eigenvalue weighted by atomic mass is 16.3. The smallest absolute Gasteiger partial charge is 0.271 e. The second-order valence-electron chi connectivity index (χ2n) is 5.23. The van der Waals surface area contributed by atoms with Gasteiger partial charge in [0, 0.05) is 11.6 Å². The van der Waals surface area contributed by atoms with Crippen LogP contribution in [0.3, 0.4) is 0 Å². The van der Waals surface area contributed by atoms with Crippen molar-refractivity contribution < 1.29 is 9.90 Å². The SMILES string of the molecule is CC(O)C(C)(C)NC(=O)c1nccc2ccccc12. The molecule has 0 saturated carbocycles. The van der Waals surface area contributed by atoms with Gasteiger partial charge in [-0.15, -0.1) is 0 Å². The molecule has 0 spiro atoms. The van der Waals surface area contributed by atoms with Gasteiger partial charge in [0.05, 0.1) is 11.6 Å². The first kappa shape index (κ1) is 13.5. The molecule has 0 bridgehead atoms. The Kier molecular flexibility index (Phi) is 3.53. The van der Waals surface area contributed by atoms with Gasteiger partial charge < -0.3 is 10.4 Å². The Labute approximate surface area is 112 Å². The van der Waals surface area contributed by atoms with Gasteiger partial charge in [-0.2, -0.15) is 0 Å². The first-order valence-electron chi connectivity index (χ1n) is 6.26. The maximum atomic E-state index is 12.3. The molecule has 4 nitrogen and oxygen atoms in total. The fraction of sp³-hybridized carbons (Fsp3) is 0.333. The highest BCUT2D eigenvalue weighted by molar-refractivity contribution is 6.05. The highest BCUT2D eigenvalue weighted by Gasteiger charge is 2.27. The van der Waals surface area contributed by atoms with Crippen molar-refractivity contribution in [3.05, 3.63) is 42.2 Å². The van der Waals surface area contributed by atoms with Crippen LogP contribution in [0.4, 0.5) is 0 Å².